The van der Waals surface area contributed by atoms with E-state index >= 15 is 0 Å². The molecule has 0 amide bonds. The molecule has 4 aromatic rings. The highest BCUT2D eigenvalue weighted by atomic mass is 16.5. The molecule has 4 aliphatic heterocycles. The zero-order valence-corrected chi connectivity index (χ0v) is 23.6. The number of nitrogens with zero attached hydrogens (tertiary/aromatic N) is 6. The van der Waals surface area contributed by atoms with E-state index in [1.54, 1.807) is 0 Å². The number of fused-ring (bicyclic) bond motifs is 3. The van der Waals surface area contributed by atoms with Crippen molar-refractivity contribution < 1.29 is 9.47 Å². The Hall–Kier alpha value is -3.49. The van der Waals surface area contributed by atoms with Crippen LogP contribution in [0.5, 0.6) is 5.75 Å². The van der Waals surface area contributed by atoms with Gasteiger partial charge in [-0.25, -0.2) is 9.50 Å². The van der Waals surface area contributed by atoms with Gasteiger partial charge in [-0.1, -0.05) is 6.07 Å². The second-order valence-corrected chi connectivity index (χ2v) is 12.3. The minimum atomic E-state index is 0.581. The summed E-state index contributed by atoms with van der Waals surface area (Å²) in [6, 6.07) is 12.0. The maximum atomic E-state index is 6.31. The number of piperidine rings is 1. The van der Waals surface area contributed by atoms with E-state index in [9.17, 15) is 0 Å². The number of pyridine rings is 3. The van der Waals surface area contributed by atoms with Crippen LogP contribution >= 0.6 is 0 Å². The molecule has 0 spiro atoms. The topological polar surface area (TPSA) is 68.0 Å². The average molecular weight is 551 g/mol. The summed E-state index contributed by atoms with van der Waals surface area (Å²) in [5, 5.41) is 4.75. The van der Waals surface area contributed by atoms with Gasteiger partial charge in [0.1, 0.15) is 11.6 Å². The van der Waals surface area contributed by atoms with Gasteiger partial charge >= 0.3 is 0 Å². The van der Waals surface area contributed by atoms with Gasteiger partial charge in [-0.15, -0.1) is 0 Å². The molecule has 2 atom stereocenters. The van der Waals surface area contributed by atoms with Crippen molar-refractivity contribution in [3.05, 3.63) is 72.4 Å². The molecular weight excluding hydrogens is 512 g/mol. The van der Waals surface area contributed by atoms with Crippen molar-refractivity contribution in [3.8, 4) is 16.9 Å². The fourth-order valence-corrected chi connectivity index (χ4v) is 7.06. The quantitative estimate of drug-likeness (QED) is 0.279. The van der Waals surface area contributed by atoms with Crippen LogP contribution < -0.4 is 9.64 Å². The summed E-state index contributed by atoms with van der Waals surface area (Å²) in [6.45, 7) is 5.52. The van der Waals surface area contributed by atoms with E-state index in [-0.39, 0.29) is 0 Å². The molecule has 0 radical (unpaired) electrons. The molecule has 2 bridgehead atoms. The van der Waals surface area contributed by atoms with Gasteiger partial charge in [-0.05, 0) is 80.2 Å². The van der Waals surface area contributed by atoms with Gasteiger partial charge in [-0.3, -0.25) is 9.88 Å². The molecule has 5 fully saturated rings. The summed E-state index contributed by atoms with van der Waals surface area (Å²) in [7, 11) is 0. The van der Waals surface area contributed by atoms with Crippen molar-refractivity contribution in [2.24, 2.45) is 5.92 Å². The van der Waals surface area contributed by atoms with Gasteiger partial charge in [0.15, 0.2) is 0 Å². The molecule has 5 aliphatic rings. The number of anilines is 1. The van der Waals surface area contributed by atoms with Crippen LogP contribution in [0.1, 0.15) is 55.6 Å². The van der Waals surface area contributed by atoms with E-state index < -0.39 is 0 Å². The van der Waals surface area contributed by atoms with Crippen LogP contribution in [0, 0.1) is 5.92 Å². The number of ether oxygens (including phenoxy) is 2. The molecule has 0 aromatic carbocycles. The van der Waals surface area contributed by atoms with Crippen LogP contribution in [-0.4, -0.2) is 69.5 Å². The Morgan fingerprint density at radius 3 is 2.61 bits per heavy atom. The van der Waals surface area contributed by atoms with Crippen molar-refractivity contribution in [3.63, 3.8) is 0 Å². The van der Waals surface area contributed by atoms with Gasteiger partial charge in [0.05, 0.1) is 24.5 Å². The Kier molecular flexibility index (Phi) is 6.60. The fraction of sp³-hybridized carbons (Fsp3) is 0.485. The van der Waals surface area contributed by atoms with E-state index in [1.807, 2.05) is 35.4 Å². The molecule has 1 aliphatic carbocycles. The summed E-state index contributed by atoms with van der Waals surface area (Å²) < 4.78 is 13.9. The first-order valence-electron chi connectivity index (χ1n) is 15.4. The van der Waals surface area contributed by atoms with Crippen LogP contribution in [0.25, 0.3) is 16.6 Å². The first-order valence-corrected chi connectivity index (χ1v) is 15.4. The van der Waals surface area contributed by atoms with Crippen molar-refractivity contribution in [1.82, 2.24) is 24.5 Å². The lowest BCUT2D eigenvalue weighted by atomic mass is 9.87. The van der Waals surface area contributed by atoms with Gasteiger partial charge in [0.2, 0.25) is 0 Å². The van der Waals surface area contributed by atoms with E-state index in [4.69, 9.17) is 19.6 Å². The third-order valence-electron chi connectivity index (χ3n) is 9.58. The number of aromatic nitrogens is 4. The zero-order valence-electron chi connectivity index (χ0n) is 23.6. The lowest BCUT2D eigenvalue weighted by Gasteiger charge is -2.56. The summed E-state index contributed by atoms with van der Waals surface area (Å²) in [4.78, 5) is 14.4. The van der Waals surface area contributed by atoms with Crippen molar-refractivity contribution in [2.45, 2.75) is 63.1 Å². The van der Waals surface area contributed by atoms with Gasteiger partial charge in [-0.2, -0.15) is 5.10 Å². The van der Waals surface area contributed by atoms with Crippen molar-refractivity contribution in [2.75, 3.05) is 37.8 Å². The Labute approximate surface area is 241 Å². The molecule has 8 heterocycles. The molecule has 4 aromatic heterocycles. The van der Waals surface area contributed by atoms with Crippen molar-refractivity contribution >= 4 is 11.3 Å². The van der Waals surface area contributed by atoms with Crippen molar-refractivity contribution in [1.29, 1.82) is 0 Å². The first-order chi connectivity index (χ1) is 20.3. The minimum Gasteiger partial charge on any atom is -0.492 e. The Morgan fingerprint density at radius 1 is 0.976 bits per heavy atom. The lowest BCUT2D eigenvalue weighted by molar-refractivity contribution is -0.00875. The Morgan fingerprint density at radius 2 is 1.85 bits per heavy atom. The van der Waals surface area contributed by atoms with Crippen LogP contribution in [0.4, 0.5) is 5.82 Å². The molecule has 8 nitrogen and oxygen atoms in total. The fourth-order valence-electron chi connectivity index (χ4n) is 7.06. The summed E-state index contributed by atoms with van der Waals surface area (Å²) in [5.74, 6) is 3.26. The number of hydrogen-bond donors (Lipinski definition) is 0. The normalized spacial score (nSPS) is 23.1. The molecule has 0 N–H and O–H groups in total. The van der Waals surface area contributed by atoms with Crippen LogP contribution in [0.15, 0.2) is 61.3 Å². The zero-order chi connectivity index (χ0) is 27.2. The highest BCUT2D eigenvalue weighted by Gasteiger charge is 2.44. The molecule has 4 saturated heterocycles. The van der Waals surface area contributed by atoms with Crippen LogP contribution in [0.2, 0.25) is 0 Å². The second kappa shape index (κ2) is 10.7. The monoisotopic (exact) mass is 550 g/mol. The molecule has 41 heavy (non-hydrogen) atoms. The maximum Gasteiger partial charge on any atom is 0.138 e. The molecule has 8 heteroatoms. The van der Waals surface area contributed by atoms with Gasteiger partial charge < -0.3 is 14.4 Å². The molecule has 1 saturated carbocycles. The Balaban J connectivity index is 0.998. The second-order valence-electron chi connectivity index (χ2n) is 12.3. The highest BCUT2D eigenvalue weighted by Crippen LogP contribution is 2.45. The third-order valence-corrected chi connectivity index (χ3v) is 9.58. The van der Waals surface area contributed by atoms with E-state index in [0.29, 0.717) is 23.9 Å². The minimum absolute atomic E-state index is 0.581. The molecule has 9 rings (SSSR count). The third kappa shape index (κ3) is 5.08. The van der Waals surface area contributed by atoms with E-state index in [2.05, 4.69) is 45.2 Å². The lowest BCUT2D eigenvalue weighted by Crippen LogP contribution is -2.68. The van der Waals surface area contributed by atoms with Crippen LogP contribution in [0.3, 0.4) is 0 Å². The maximum absolute atomic E-state index is 6.31. The van der Waals surface area contributed by atoms with Crippen LogP contribution in [-0.2, 0) is 11.3 Å². The smallest absolute Gasteiger partial charge is 0.138 e. The average Bonchev–Trinajstić information content (AvgIpc) is 3.79. The summed E-state index contributed by atoms with van der Waals surface area (Å²) in [6.07, 6.45) is 17.1. The highest BCUT2D eigenvalue weighted by molar-refractivity contribution is 5.84. The Bertz CT molecular complexity index is 1480. The molecular formula is C33H38N6O2. The van der Waals surface area contributed by atoms with Gasteiger partial charge in [0, 0.05) is 80.2 Å². The number of rotatable bonds is 9. The van der Waals surface area contributed by atoms with E-state index in [0.717, 1.165) is 81.4 Å². The number of hydrogen-bond acceptors (Lipinski definition) is 7. The summed E-state index contributed by atoms with van der Waals surface area (Å²) in [5.41, 5.74) is 6.13. The molecule has 212 valence electrons. The molecule has 2 unspecified atom stereocenters. The summed E-state index contributed by atoms with van der Waals surface area (Å²) >= 11 is 0. The largest absolute Gasteiger partial charge is 0.492 e. The van der Waals surface area contributed by atoms with E-state index in [1.165, 1.54) is 35.9 Å². The predicted octanol–water partition coefficient (Wildman–Crippen LogP) is 5.33. The predicted molar refractivity (Wildman–Crippen MR) is 158 cm³/mol. The number of piperazine rings is 1. The first kappa shape index (κ1) is 25.2. The SMILES string of the molecule is c1cncc(CN2C3CC2CN(c2ccc(-c4cc(OCCC5CCOCC5)cn5ncc(C6CC6)c45)cn2)C3)c1. The van der Waals surface area contributed by atoms with Gasteiger partial charge in [0.25, 0.3) is 0 Å². The standard InChI is InChI=1S/C33H38N6O2/c1-2-24(16-34-10-1)19-38-27-14-28(38)21-37(20-27)32-6-5-26(17-35-32)30-15-29(41-13-9-23-7-11-40-12-8-23)22-39-33(30)31(18-36-39)25-3-4-25/h1-2,5-6,10,15-18,22-23,25,27-28H,3-4,7-9,11-14,19-21H2.